The van der Waals surface area contributed by atoms with Gasteiger partial charge in [-0.3, -0.25) is 9.88 Å². The summed E-state index contributed by atoms with van der Waals surface area (Å²) in [5.41, 5.74) is 1.76. The zero-order chi connectivity index (χ0) is 11.0. The van der Waals surface area contributed by atoms with Crippen molar-refractivity contribution in [1.29, 1.82) is 0 Å². The van der Waals surface area contributed by atoms with Crippen molar-refractivity contribution in [3.05, 3.63) is 36.5 Å². The third-order valence-electron chi connectivity index (χ3n) is 2.76. The van der Waals surface area contributed by atoms with E-state index >= 15 is 0 Å². The molecular weight excluding hydrogens is 202 g/mol. The predicted molar refractivity (Wildman–Crippen MR) is 62.5 cm³/mol. The number of hydrogen-bond acceptors (Lipinski definition) is 2. The minimum Gasteiger partial charge on any atom is -0.336 e. The molecular formula is C12H11N3O. The minimum atomic E-state index is -0.0434. The number of amides is 2. The van der Waals surface area contributed by atoms with E-state index in [2.05, 4.69) is 10.3 Å². The molecule has 80 valence electrons. The lowest BCUT2D eigenvalue weighted by molar-refractivity contribution is 0.252. The highest BCUT2D eigenvalue weighted by Gasteiger charge is 2.22. The number of hydrogen-bond donors (Lipinski definition) is 1. The van der Waals surface area contributed by atoms with E-state index < -0.39 is 0 Å². The first kappa shape index (κ1) is 9.15. The van der Waals surface area contributed by atoms with Crippen LogP contribution in [0.4, 0.5) is 10.5 Å². The monoisotopic (exact) mass is 213 g/mol. The molecule has 1 N–H and O–H groups in total. The molecule has 1 aliphatic heterocycles. The molecule has 2 amide bonds. The van der Waals surface area contributed by atoms with Crippen LogP contribution in [0.15, 0.2) is 36.5 Å². The van der Waals surface area contributed by atoms with Gasteiger partial charge < -0.3 is 5.32 Å². The second-order valence-electron chi connectivity index (χ2n) is 3.74. The van der Waals surface area contributed by atoms with E-state index in [9.17, 15) is 4.79 Å². The van der Waals surface area contributed by atoms with Gasteiger partial charge in [0.2, 0.25) is 0 Å². The first-order chi connectivity index (χ1) is 7.86. The Bertz CT molecular complexity index is 547. The van der Waals surface area contributed by atoms with E-state index in [4.69, 9.17) is 0 Å². The Balaban J connectivity index is 2.19. The third kappa shape index (κ3) is 1.31. The Morgan fingerprint density at radius 1 is 1.25 bits per heavy atom. The van der Waals surface area contributed by atoms with E-state index in [1.54, 1.807) is 11.1 Å². The Labute approximate surface area is 92.9 Å². The summed E-state index contributed by atoms with van der Waals surface area (Å²) in [5, 5.41) is 3.85. The van der Waals surface area contributed by atoms with Crippen LogP contribution in [-0.4, -0.2) is 24.1 Å². The van der Waals surface area contributed by atoms with Gasteiger partial charge >= 0.3 is 6.03 Å². The summed E-state index contributed by atoms with van der Waals surface area (Å²) in [6, 6.07) is 9.74. The molecule has 2 heterocycles. The average molecular weight is 213 g/mol. The summed E-state index contributed by atoms with van der Waals surface area (Å²) in [4.78, 5) is 17.7. The number of pyridine rings is 1. The molecule has 0 bridgehead atoms. The molecule has 4 nitrogen and oxygen atoms in total. The van der Waals surface area contributed by atoms with Crippen molar-refractivity contribution in [2.24, 2.45) is 0 Å². The molecule has 0 atom stereocenters. The van der Waals surface area contributed by atoms with E-state index in [0.717, 1.165) is 16.6 Å². The molecule has 4 heteroatoms. The molecule has 1 aromatic carbocycles. The number of fused-ring (bicyclic) bond motifs is 1. The number of para-hydroxylation sites is 1. The molecule has 0 aliphatic carbocycles. The zero-order valence-corrected chi connectivity index (χ0v) is 8.68. The fraction of sp³-hybridized carbons (Fsp3) is 0.167. The highest BCUT2D eigenvalue weighted by atomic mass is 16.2. The highest BCUT2D eigenvalue weighted by Crippen LogP contribution is 2.25. The van der Waals surface area contributed by atoms with Gasteiger partial charge in [0.15, 0.2) is 0 Å². The number of carbonyl (C=O) groups excluding carboxylic acids is 1. The van der Waals surface area contributed by atoms with Crippen LogP contribution in [0.1, 0.15) is 0 Å². The van der Waals surface area contributed by atoms with Crippen LogP contribution in [0.3, 0.4) is 0 Å². The number of carbonyl (C=O) groups is 1. The first-order valence-corrected chi connectivity index (χ1v) is 5.25. The van der Waals surface area contributed by atoms with Gasteiger partial charge in [-0.25, -0.2) is 4.79 Å². The van der Waals surface area contributed by atoms with Crippen LogP contribution in [0, 0.1) is 0 Å². The van der Waals surface area contributed by atoms with Gasteiger partial charge in [-0.1, -0.05) is 18.2 Å². The SMILES string of the molecule is O=C1NCCN1c1cccc2cccnc12. The first-order valence-electron chi connectivity index (χ1n) is 5.25. The van der Waals surface area contributed by atoms with Crippen LogP contribution in [0.2, 0.25) is 0 Å². The van der Waals surface area contributed by atoms with Gasteiger partial charge in [0.25, 0.3) is 0 Å². The Morgan fingerprint density at radius 2 is 2.12 bits per heavy atom. The fourth-order valence-corrected chi connectivity index (χ4v) is 2.01. The third-order valence-corrected chi connectivity index (χ3v) is 2.76. The van der Waals surface area contributed by atoms with Crippen LogP contribution < -0.4 is 10.2 Å². The fourth-order valence-electron chi connectivity index (χ4n) is 2.01. The molecule has 1 aromatic heterocycles. The molecule has 1 fully saturated rings. The topological polar surface area (TPSA) is 45.2 Å². The van der Waals surface area contributed by atoms with Crippen molar-refractivity contribution < 1.29 is 4.79 Å². The van der Waals surface area contributed by atoms with Crippen LogP contribution in [0.5, 0.6) is 0 Å². The van der Waals surface area contributed by atoms with Crippen molar-refractivity contribution in [2.75, 3.05) is 18.0 Å². The molecule has 0 radical (unpaired) electrons. The summed E-state index contributed by atoms with van der Waals surface area (Å²) in [7, 11) is 0. The predicted octanol–water partition coefficient (Wildman–Crippen LogP) is 1.76. The Hall–Kier alpha value is -2.10. The van der Waals surface area contributed by atoms with Crippen LogP contribution in [0.25, 0.3) is 10.9 Å². The summed E-state index contributed by atoms with van der Waals surface area (Å²) in [6.07, 6.45) is 1.75. The summed E-state index contributed by atoms with van der Waals surface area (Å²) in [6.45, 7) is 1.40. The van der Waals surface area contributed by atoms with Crippen molar-refractivity contribution in [3.8, 4) is 0 Å². The van der Waals surface area contributed by atoms with Gasteiger partial charge in [-0.2, -0.15) is 0 Å². The molecule has 0 spiro atoms. The molecule has 2 aromatic rings. The highest BCUT2D eigenvalue weighted by molar-refractivity contribution is 6.02. The minimum absolute atomic E-state index is 0.0434. The summed E-state index contributed by atoms with van der Waals surface area (Å²) in [5.74, 6) is 0. The number of benzene rings is 1. The van der Waals surface area contributed by atoms with Gasteiger partial charge in [-0.05, 0) is 12.1 Å². The maximum Gasteiger partial charge on any atom is 0.322 e. The van der Waals surface area contributed by atoms with E-state index in [-0.39, 0.29) is 6.03 Å². The van der Waals surface area contributed by atoms with E-state index in [1.165, 1.54) is 0 Å². The molecule has 0 unspecified atom stereocenters. The second-order valence-corrected chi connectivity index (χ2v) is 3.74. The maximum atomic E-state index is 11.6. The van der Waals surface area contributed by atoms with Crippen LogP contribution >= 0.6 is 0 Å². The van der Waals surface area contributed by atoms with Crippen molar-refractivity contribution in [1.82, 2.24) is 10.3 Å². The van der Waals surface area contributed by atoms with Gasteiger partial charge in [0, 0.05) is 24.7 Å². The lowest BCUT2D eigenvalue weighted by Gasteiger charge is -2.15. The lowest BCUT2D eigenvalue weighted by atomic mass is 10.2. The molecule has 1 saturated heterocycles. The Morgan fingerprint density at radius 3 is 2.94 bits per heavy atom. The smallest absolute Gasteiger partial charge is 0.322 e. The molecule has 16 heavy (non-hydrogen) atoms. The lowest BCUT2D eigenvalue weighted by Crippen LogP contribution is -2.27. The standard InChI is InChI=1S/C12H11N3O/c16-12-14-7-8-15(12)10-5-1-3-9-4-2-6-13-11(9)10/h1-6H,7-8H2,(H,14,16). The molecule has 1 aliphatic rings. The number of anilines is 1. The number of urea groups is 1. The number of nitrogens with one attached hydrogen (secondary N) is 1. The summed E-state index contributed by atoms with van der Waals surface area (Å²) < 4.78 is 0. The number of nitrogens with zero attached hydrogens (tertiary/aromatic N) is 2. The van der Waals surface area contributed by atoms with E-state index in [0.29, 0.717) is 13.1 Å². The number of aromatic nitrogens is 1. The average Bonchev–Trinajstić information content (AvgIpc) is 2.75. The van der Waals surface area contributed by atoms with Gasteiger partial charge in [0.1, 0.15) is 0 Å². The summed E-state index contributed by atoms with van der Waals surface area (Å²) >= 11 is 0. The zero-order valence-electron chi connectivity index (χ0n) is 8.68. The second kappa shape index (κ2) is 3.48. The van der Waals surface area contributed by atoms with E-state index in [1.807, 2.05) is 30.3 Å². The Kier molecular flexibility index (Phi) is 1.99. The van der Waals surface area contributed by atoms with Crippen LogP contribution in [-0.2, 0) is 0 Å². The quantitative estimate of drug-likeness (QED) is 0.784. The number of rotatable bonds is 1. The largest absolute Gasteiger partial charge is 0.336 e. The maximum absolute atomic E-state index is 11.6. The molecule has 0 saturated carbocycles. The van der Waals surface area contributed by atoms with Crippen molar-refractivity contribution in [2.45, 2.75) is 0 Å². The van der Waals surface area contributed by atoms with Crippen molar-refractivity contribution >= 4 is 22.6 Å². The molecule has 3 rings (SSSR count). The van der Waals surface area contributed by atoms with Gasteiger partial charge in [0.05, 0.1) is 11.2 Å². The van der Waals surface area contributed by atoms with Crippen molar-refractivity contribution in [3.63, 3.8) is 0 Å². The van der Waals surface area contributed by atoms with Gasteiger partial charge in [-0.15, -0.1) is 0 Å². The normalized spacial score (nSPS) is 15.5.